The molecule has 2 aromatic rings. The van der Waals surface area contributed by atoms with Crippen molar-refractivity contribution in [2.24, 2.45) is 0 Å². The standard InChI is InChI=1S/C17H22N2O5S/c1-5-24-17(20)15-11(2)16(12(3)19-15)25(21,22)18-10-13-8-6-7-9-14(13)23-4/h6-9,18-19H,5,10H2,1-4H3. The van der Waals surface area contributed by atoms with E-state index in [0.29, 0.717) is 22.6 Å². The number of rotatable bonds is 7. The monoisotopic (exact) mass is 366 g/mol. The number of aromatic amines is 1. The number of hydrogen-bond acceptors (Lipinski definition) is 5. The summed E-state index contributed by atoms with van der Waals surface area (Å²) in [6.45, 7) is 5.16. The van der Waals surface area contributed by atoms with Gasteiger partial charge in [-0.25, -0.2) is 17.9 Å². The van der Waals surface area contributed by atoms with E-state index in [2.05, 4.69) is 9.71 Å². The van der Waals surface area contributed by atoms with E-state index < -0.39 is 16.0 Å². The summed E-state index contributed by atoms with van der Waals surface area (Å²) in [5.74, 6) is 0.0224. The van der Waals surface area contributed by atoms with Gasteiger partial charge in [0.25, 0.3) is 0 Å². The Morgan fingerprint density at radius 2 is 1.92 bits per heavy atom. The minimum Gasteiger partial charge on any atom is -0.496 e. The Hall–Kier alpha value is -2.32. The van der Waals surface area contributed by atoms with Crippen LogP contribution in [0.3, 0.4) is 0 Å². The molecule has 0 saturated heterocycles. The normalized spacial score (nSPS) is 11.4. The number of methoxy groups -OCH3 is 1. The maximum absolute atomic E-state index is 12.7. The van der Waals surface area contributed by atoms with Crippen LogP contribution in [0.15, 0.2) is 29.2 Å². The first kappa shape index (κ1) is 19.0. The van der Waals surface area contributed by atoms with Crippen LogP contribution < -0.4 is 9.46 Å². The topological polar surface area (TPSA) is 97.5 Å². The molecule has 0 amide bonds. The van der Waals surface area contributed by atoms with Crippen molar-refractivity contribution in [1.82, 2.24) is 9.71 Å². The van der Waals surface area contributed by atoms with E-state index in [0.717, 1.165) is 0 Å². The number of esters is 1. The van der Waals surface area contributed by atoms with E-state index in [1.165, 1.54) is 7.11 Å². The summed E-state index contributed by atoms with van der Waals surface area (Å²) in [5.41, 5.74) is 1.58. The minimum absolute atomic E-state index is 0.0606. The number of benzene rings is 1. The maximum atomic E-state index is 12.7. The summed E-state index contributed by atoms with van der Waals surface area (Å²) in [5, 5.41) is 0. The molecule has 1 aromatic carbocycles. The van der Waals surface area contributed by atoms with Gasteiger partial charge < -0.3 is 14.5 Å². The average Bonchev–Trinajstić information content (AvgIpc) is 2.88. The lowest BCUT2D eigenvalue weighted by Crippen LogP contribution is -2.24. The van der Waals surface area contributed by atoms with Gasteiger partial charge in [0.2, 0.25) is 10.0 Å². The van der Waals surface area contributed by atoms with Gasteiger partial charge in [0.1, 0.15) is 16.3 Å². The number of para-hydroxylation sites is 1. The van der Waals surface area contributed by atoms with Crippen molar-refractivity contribution in [2.45, 2.75) is 32.2 Å². The van der Waals surface area contributed by atoms with Gasteiger partial charge >= 0.3 is 5.97 Å². The lowest BCUT2D eigenvalue weighted by Gasteiger charge is -2.10. The fraction of sp³-hybridized carbons (Fsp3) is 0.353. The Bertz CT molecular complexity index is 871. The maximum Gasteiger partial charge on any atom is 0.355 e. The summed E-state index contributed by atoms with van der Waals surface area (Å²) in [7, 11) is -2.29. The number of sulfonamides is 1. The third kappa shape index (κ3) is 4.02. The first-order chi connectivity index (χ1) is 11.8. The van der Waals surface area contributed by atoms with Crippen LogP contribution in [0, 0.1) is 13.8 Å². The highest BCUT2D eigenvalue weighted by Gasteiger charge is 2.27. The van der Waals surface area contributed by atoms with E-state index in [1.807, 2.05) is 6.07 Å². The number of H-pyrrole nitrogens is 1. The summed E-state index contributed by atoms with van der Waals surface area (Å²) >= 11 is 0. The third-order valence-corrected chi connectivity index (χ3v) is 5.44. The van der Waals surface area contributed by atoms with Crippen LogP contribution in [0.2, 0.25) is 0 Å². The molecule has 8 heteroatoms. The fourth-order valence-corrected chi connectivity index (χ4v) is 4.09. The largest absolute Gasteiger partial charge is 0.496 e. The molecule has 0 aliphatic rings. The predicted molar refractivity (Wildman–Crippen MR) is 93.2 cm³/mol. The van der Waals surface area contributed by atoms with Crippen molar-refractivity contribution >= 4 is 16.0 Å². The van der Waals surface area contributed by atoms with Gasteiger partial charge in [-0.3, -0.25) is 0 Å². The highest BCUT2D eigenvalue weighted by atomic mass is 32.2. The quantitative estimate of drug-likeness (QED) is 0.733. The summed E-state index contributed by atoms with van der Waals surface area (Å²) < 4.78 is 38.2. The highest BCUT2D eigenvalue weighted by Crippen LogP contribution is 2.24. The number of carbonyl (C=O) groups is 1. The number of nitrogens with one attached hydrogen (secondary N) is 2. The van der Waals surface area contributed by atoms with Crippen molar-refractivity contribution in [3.63, 3.8) is 0 Å². The van der Waals surface area contributed by atoms with E-state index >= 15 is 0 Å². The summed E-state index contributed by atoms with van der Waals surface area (Å²) in [6, 6.07) is 7.15. The number of hydrogen-bond donors (Lipinski definition) is 2. The lowest BCUT2D eigenvalue weighted by molar-refractivity contribution is 0.0519. The fourth-order valence-electron chi connectivity index (χ4n) is 2.64. The van der Waals surface area contributed by atoms with E-state index in [1.54, 1.807) is 39.0 Å². The van der Waals surface area contributed by atoms with Crippen LogP contribution >= 0.6 is 0 Å². The molecule has 2 N–H and O–H groups in total. The van der Waals surface area contributed by atoms with E-state index in [9.17, 15) is 13.2 Å². The number of aromatic nitrogens is 1. The molecule has 25 heavy (non-hydrogen) atoms. The predicted octanol–water partition coefficient (Wildman–Crippen LogP) is 2.30. The number of carbonyl (C=O) groups excluding carboxylic acids is 1. The molecule has 0 radical (unpaired) electrons. The van der Waals surface area contributed by atoms with Crippen LogP contribution in [0.25, 0.3) is 0 Å². The molecule has 0 saturated carbocycles. The Morgan fingerprint density at radius 1 is 1.24 bits per heavy atom. The molecule has 0 aliphatic heterocycles. The van der Waals surface area contributed by atoms with Crippen molar-refractivity contribution < 1.29 is 22.7 Å². The zero-order valence-electron chi connectivity index (χ0n) is 14.7. The highest BCUT2D eigenvalue weighted by molar-refractivity contribution is 7.89. The molecule has 0 fully saturated rings. The Morgan fingerprint density at radius 3 is 2.56 bits per heavy atom. The van der Waals surface area contributed by atoms with Crippen LogP contribution in [-0.2, 0) is 21.3 Å². The molecular weight excluding hydrogens is 344 g/mol. The smallest absolute Gasteiger partial charge is 0.355 e. The van der Waals surface area contributed by atoms with Gasteiger partial charge in [-0.15, -0.1) is 0 Å². The van der Waals surface area contributed by atoms with Crippen LogP contribution in [0.4, 0.5) is 0 Å². The molecule has 0 atom stereocenters. The summed E-state index contributed by atoms with van der Waals surface area (Å²) in [6.07, 6.45) is 0. The summed E-state index contributed by atoms with van der Waals surface area (Å²) in [4.78, 5) is 14.8. The molecule has 7 nitrogen and oxygen atoms in total. The van der Waals surface area contributed by atoms with Crippen LogP contribution in [0.1, 0.15) is 34.2 Å². The van der Waals surface area contributed by atoms with Gasteiger partial charge in [0.15, 0.2) is 0 Å². The minimum atomic E-state index is -3.82. The third-order valence-electron chi connectivity index (χ3n) is 3.76. The molecule has 0 bridgehead atoms. The van der Waals surface area contributed by atoms with Gasteiger partial charge in [-0.05, 0) is 26.8 Å². The first-order valence-corrected chi connectivity index (χ1v) is 9.28. The van der Waals surface area contributed by atoms with Crippen LogP contribution in [-0.4, -0.2) is 33.1 Å². The first-order valence-electron chi connectivity index (χ1n) is 7.79. The molecule has 1 heterocycles. The average molecular weight is 366 g/mol. The molecule has 0 aliphatic carbocycles. The van der Waals surface area contributed by atoms with Crippen LogP contribution in [0.5, 0.6) is 5.75 Å². The van der Waals surface area contributed by atoms with Gasteiger partial charge in [-0.2, -0.15) is 0 Å². The Labute approximate surface area is 147 Å². The zero-order valence-corrected chi connectivity index (χ0v) is 15.5. The SMILES string of the molecule is CCOC(=O)c1[nH]c(C)c(S(=O)(=O)NCc2ccccc2OC)c1C. The second-order valence-electron chi connectivity index (χ2n) is 5.44. The molecule has 0 spiro atoms. The van der Waals surface area contributed by atoms with Gasteiger partial charge in [-0.1, -0.05) is 18.2 Å². The van der Waals surface area contributed by atoms with Gasteiger partial charge in [0.05, 0.1) is 13.7 Å². The van der Waals surface area contributed by atoms with E-state index in [4.69, 9.17) is 9.47 Å². The van der Waals surface area contributed by atoms with Gasteiger partial charge in [0, 0.05) is 23.4 Å². The molecule has 0 unspecified atom stereocenters. The lowest BCUT2D eigenvalue weighted by atomic mass is 10.2. The Kier molecular flexibility index (Phi) is 5.86. The molecule has 1 aromatic heterocycles. The molecular formula is C17H22N2O5S. The van der Waals surface area contributed by atoms with E-state index in [-0.39, 0.29) is 23.7 Å². The second-order valence-corrected chi connectivity index (χ2v) is 7.14. The van der Waals surface area contributed by atoms with Crippen molar-refractivity contribution in [1.29, 1.82) is 0 Å². The van der Waals surface area contributed by atoms with Crippen molar-refractivity contribution in [2.75, 3.05) is 13.7 Å². The molecule has 136 valence electrons. The second kappa shape index (κ2) is 7.71. The number of ether oxygens (including phenoxy) is 2. The molecule has 2 rings (SSSR count). The number of aryl methyl sites for hydroxylation is 1. The Balaban J connectivity index is 2.29. The van der Waals surface area contributed by atoms with Crippen molar-refractivity contribution in [3.8, 4) is 5.75 Å². The van der Waals surface area contributed by atoms with Crippen molar-refractivity contribution in [3.05, 3.63) is 46.8 Å². The zero-order chi connectivity index (χ0) is 18.6.